The van der Waals surface area contributed by atoms with E-state index in [0.29, 0.717) is 39.6 Å². The minimum absolute atomic E-state index is 0.0380. The predicted molar refractivity (Wildman–Crippen MR) is 91.9 cm³/mol. The summed E-state index contributed by atoms with van der Waals surface area (Å²) < 4.78 is 11.9. The molecule has 0 amide bonds. The first-order chi connectivity index (χ1) is 11.3. The Morgan fingerprint density at radius 1 is 1.29 bits per heavy atom. The number of ether oxygens (including phenoxy) is 2. The van der Waals surface area contributed by atoms with Gasteiger partial charge in [-0.25, -0.2) is 0 Å². The standard InChI is InChI=1S/C17H18N2O4S/c1-17(2,3)14(20)8-15-19-16(21)13(24-15)7-10-6-11-12(9-18-10)23-5-4-22-11/h6-9H,4-5H2,1-3H3,(H,19,21). The van der Waals surface area contributed by atoms with Gasteiger partial charge < -0.3 is 14.5 Å². The molecule has 2 aromatic rings. The summed E-state index contributed by atoms with van der Waals surface area (Å²) in [6.07, 6.45) is 4.72. The number of hydrogen-bond acceptors (Lipinski definition) is 6. The van der Waals surface area contributed by atoms with Crippen molar-refractivity contribution in [2.75, 3.05) is 13.2 Å². The van der Waals surface area contributed by atoms with Gasteiger partial charge in [-0.3, -0.25) is 14.6 Å². The zero-order valence-corrected chi connectivity index (χ0v) is 14.5. The lowest BCUT2D eigenvalue weighted by molar-refractivity contribution is -0.119. The van der Waals surface area contributed by atoms with Crippen LogP contribution in [0.25, 0.3) is 12.2 Å². The molecular weight excluding hydrogens is 328 g/mol. The van der Waals surface area contributed by atoms with E-state index in [4.69, 9.17) is 9.47 Å². The van der Waals surface area contributed by atoms with Gasteiger partial charge in [-0.1, -0.05) is 20.8 Å². The number of H-pyrrole nitrogens is 1. The van der Waals surface area contributed by atoms with Crippen molar-refractivity contribution in [2.24, 2.45) is 5.41 Å². The van der Waals surface area contributed by atoms with E-state index in [2.05, 4.69) is 9.97 Å². The van der Waals surface area contributed by atoms with E-state index in [9.17, 15) is 9.59 Å². The number of carbonyl (C=O) groups is 1. The van der Waals surface area contributed by atoms with Crippen LogP contribution in [0.15, 0.2) is 17.1 Å². The normalized spacial score (nSPS) is 15.6. The highest BCUT2D eigenvalue weighted by Crippen LogP contribution is 2.29. The fraction of sp³-hybridized carbons (Fsp3) is 0.353. The first-order valence-electron chi connectivity index (χ1n) is 7.55. The Kier molecular flexibility index (Phi) is 4.28. The number of ketones is 1. The number of rotatable bonds is 2. The van der Waals surface area contributed by atoms with Crippen molar-refractivity contribution in [3.8, 4) is 11.5 Å². The molecule has 6 nitrogen and oxygen atoms in total. The summed E-state index contributed by atoms with van der Waals surface area (Å²) in [6.45, 7) is 6.50. The average Bonchev–Trinajstić information content (AvgIpc) is 2.86. The van der Waals surface area contributed by atoms with Gasteiger partial charge in [-0.05, 0) is 6.08 Å². The molecule has 0 saturated carbocycles. The molecule has 0 aromatic carbocycles. The molecule has 0 bridgehead atoms. The average molecular weight is 346 g/mol. The molecule has 2 aromatic heterocycles. The molecule has 3 rings (SSSR count). The topological polar surface area (TPSA) is 81.3 Å². The van der Waals surface area contributed by atoms with Crippen LogP contribution in [0.2, 0.25) is 0 Å². The van der Waals surface area contributed by atoms with Gasteiger partial charge in [0.15, 0.2) is 17.3 Å². The summed E-state index contributed by atoms with van der Waals surface area (Å²) in [5.41, 5.74) is -0.132. The van der Waals surface area contributed by atoms with Gasteiger partial charge in [0.2, 0.25) is 0 Å². The van der Waals surface area contributed by atoms with Gasteiger partial charge in [0.25, 0.3) is 5.56 Å². The third kappa shape index (κ3) is 3.56. The molecular formula is C17H18N2O4S. The van der Waals surface area contributed by atoms with Gasteiger partial charge in [-0.15, -0.1) is 11.3 Å². The van der Waals surface area contributed by atoms with Crippen LogP contribution in [0.3, 0.4) is 0 Å². The van der Waals surface area contributed by atoms with Crippen LogP contribution >= 0.6 is 11.3 Å². The smallest absolute Gasteiger partial charge is 0.266 e. The maximum atomic E-state index is 12.1. The third-order valence-electron chi connectivity index (χ3n) is 3.41. The maximum absolute atomic E-state index is 12.1. The van der Waals surface area contributed by atoms with E-state index in [1.807, 2.05) is 20.8 Å². The van der Waals surface area contributed by atoms with Gasteiger partial charge in [-0.2, -0.15) is 0 Å². The van der Waals surface area contributed by atoms with Crippen molar-refractivity contribution in [1.29, 1.82) is 0 Å². The number of aromatic nitrogens is 2. The SMILES string of the molecule is CC(C)(C)C(=O)C=c1[nH]c(=O)c(=Cc2cc3c(cn2)OCCO3)s1. The number of nitrogens with zero attached hydrogens (tertiary/aromatic N) is 1. The van der Waals surface area contributed by atoms with Crippen LogP contribution in [0.5, 0.6) is 11.5 Å². The van der Waals surface area contributed by atoms with Gasteiger partial charge in [0.1, 0.15) is 13.2 Å². The number of aromatic amines is 1. The third-order valence-corrected chi connectivity index (χ3v) is 4.37. The Labute approximate surface area is 142 Å². The van der Waals surface area contributed by atoms with Crippen LogP contribution < -0.4 is 24.2 Å². The number of carbonyl (C=O) groups excluding carboxylic acids is 1. The molecule has 1 aliphatic rings. The molecule has 0 saturated heterocycles. The zero-order chi connectivity index (χ0) is 17.3. The molecule has 0 radical (unpaired) electrons. The Balaban J connectivity index is 1.99. The Hall–Kier alpha value is -2.41. The van der Waals surface area contributed by atoms with E-state index < -0.39 is 5.41 Å². The van der Waals surface area contributed by atoms with Gasteiger partial charge in [0, 0.05) is 17.6 Å². The monoisotopic (exact) mass is 346 g/mol. The second-order valence-electron chi connectivity index (χ2n) is 6.44. The van der Waals surface area contributed by atoms with Crippen molar-refractivity contribution in [2.45, 2.75) is 20.8 Å². The van der Waals surface area contributed by atoms with Crippen molar-refractivity contribution in [3.63, 3.8) is 0 Å². The van der Waals surface area contributed by atoms with Crippen LogP contribution in [0.4, 0.5) is 0 Å². The quantitative estimate of drug-likeness (QED) is 0.871. The molecule has 1 aliphatic heterocycles. The molecule has 24 heavy (non-hydrogen) atoms. The fourth-order valence-electron chi connectivity index (χ4n) is 2.04. The number of fused-ring (bicyclic) bond motifs is 1. The van der Waals surface area contributed by atoms with Crippen LogP contribution in [0.1, 0.15) is 26.5 Å². The van der Waals surface area contributed by atoms with Crippen molar-refractivity contribution in [3.05, 3.63) is 37.5 Å². The Morgan fingerprint density at radius 3 is 2.71 bits per heavy atom. The molecule has 0 fully saturated rings. The maximum Gasteiger partial charge on any atom is 0.266 e. The largest absolute Gasteiger partial charge is 0.486 e. The second-order valence-corrected chi connectivity index (χ2v) is 7.52. The summed E-state index contributed by atoms with van der Waals surface area (Å²) in [7, 11) is 0. The van der Waals surface area contributed by atoms with Crippen molar-refractivity contribution < 1.29 is 14.3 Å². The summed E-state index contributed by atoms with van der Waals surface area (Å²) in [5.74, 6) is 1.18. The van der Waals surface area contributed by atoms with Gasteiger partial charge in [0.05, 0.1) is 21.1 Å². The molecule has 1 N–H and O–H groups in total. The van der Waals surface area contributed by atoms with Crippen LogP contribution in [-0.2, 0) is 4.79 Å². The number of nitrogens with one attached hydrogen (secondary N) is 1. The van der Waals surface area contributed by atoms with E-state index in [0.717, 1.165) is 0 Å². The predicted octanol–water partition coefficient (Wildman–Crippen LogP) is 0.827. The first-order valence-corrected chi connectivity index (χ1v) is 8.37. The summed E-state index contributed by atoms with van der Waals surface area (Å²) in [6, 6.07) is 1.73. The summed E-state index contributed by atoms with van der Waals surface area (Å²) in [4.78, 5) is 31.1. The van der Waals surface area contributed by atoms with Crippen LogP contribution in [0, 0.1) is 5.41 Å². The molecule has 0 unspecified atom stereocenters. The fourth-order valence-corrected chi connectivity index (χ4v) is 2.91. The van der Waals surface area contributed by atoms with E-state index >= 15 is 0 Å². The minimum atomic E-state index is -0.484. The summed E-state index contributed by atoms with van der Waals surface area (Å²) in [5, 5.41) is 0. The van der Waals surface area contributed by atoms with Crippen molar-refractivity contribution >= 4 is 29.3 Å². The van der Waals surface area contributed by atoms with Crippen molar-refractivity contribution in [1.82, 2.24) is 9.97 Å². The van der Waals surface area contributed by atoms with Gasteiger partial charge >= 0.3 is 0 Å². The second kappa shape index (κ2) is 6.24. The number of thiazole rings is 1. The molecule has 0 spiro atoms. The molecule has 0 aliphatic carbocycles. The zero-order valence-electron chi connectivity index (χ0n) is 13.7. The summed E-state index contributed by atoms with van der Waals surface area (Å²) >= 11 is 1.22. The lowest BCUT2D eigenvalue weighted by Gasteiger charge is -2.17. The van der Waals surface area contributed by atoms with Crippen LogP contribution in [-0.4, -0.2) is 29.0 Å². The first kappa shape index (κ1) is 16.4. The van der Waals surface area contributed by atoms with E-state index in [1.165, 1.54) is 17.4 Å². The molecule has 126 valence electrons. The lowest BCUT2D eigenvalue weighted by atomic mass is 9.91. The molecule has 0 atom stereocenters. The Morgan fingerprint density at radius 2 is 2.00 bits per heavy atom. The van der Waals surface area contributed by atoms with E-state index in [1.54, 1.807) is 18.3 Å². The molecule has 3 heterocycles. The Bertz CT molecular complexity index is 950. The molecule has 7 heteroatoms. The number of Topliss-reactive ketones (excluding diaryl/α,β-unsaturated/α-hetero) is 1. The highest BCUT2D eigenvalue weighted by Gasteiger charge is 2.18. The minimum Gasteiger partial charge on any atom is -0.486 e. The number of pyridine rings is 1. The van der Waals surface area contributed by atoms with E-state index in [-0.39, 0.29) is 11.3 Å². The highest BCUT2D eigenvalue weighted by atomic mass is 32.1. The lowest BCUT2D eigenvalue weighted by Crippen LogP contribution is -2.22. The number of hydrogen-bond donors (Lipinski definition) is 1. The highest BCUT2D eigenvalue weighted by molar-refractivity contribution is 7.07.